The lowest BCUT2D eigenvalue weighted by Crippen LogP contribution is -2.50. The van der Waals surface area contributed by atoms with E-state index < -0.39 is 33.8 Å². The van der Waals surface area contributed by atoms with Crippen LogP contribution in [0.1, 0.15) is 19.4 Å². The second kappa shape index (κ2) is 8.27. The lowest BCUT2D eigenvalue weighted by atomic mass is 9.95. The van der Waals surface area contributed by atoms with Crippen molar-refractivity contribution in [3.8, 4) is 0 Å². The number of benzene rings is 2. The van der Waals surface area contributed by atoms with Gasteiger partial charge in [0.25, 0.3) is 0 Å². The summed E-state index contributed by atoms with van der Waals surface area (Å²) >= 11 is 5.74. The second-order valence-corrected chi connectivity index (χ2v) is 9.28. The van der Waals surface area contributed by atoms with Crippen LogP contribution in [0.15, 0.2) is 48.5 Å². The predicted octanol–water partition coefficient (Wildman–Crippen LogP) is 3.38. The Morgan fingerprint density at radius 1 is 1.19 bits per heavy atom. The van der Waals surface area contributed by atoms with Gasteiger partial charge >= 0.3 is 0 Å². The van der Waals surface area contributed by atoms with E-state index in [9.17, 15) is 17.6 Å². The van der Waals surface area contributed by atoms with E-state index in [1.54, 1.807) is 0 Å². The van der Waals surface area contributed by atoms with Gasteiger partial charge in [-0.3, -0.25) is 9.10 Å². The molecule has 0 aliphatic rings. The first-order valence-corrected chi connectivity index (χ1v) is 10.5. The third-order valence-electron chi connectivity index (χ3n) is 3.85. The van der Waals surface area contributed by atoms with Gasteiger partial charge in [0.1, 0.15) is 12.4 Å². The first-order valence-electron chi connectivity index (χ1n) is 8.26. The monoisotopic (exact) mass is 412 g/mol. The number of hydrogen-bond donors (Lipinski definition) is 1. The van der Waals surface area contributed by atoms with E-state index in [2.05, 4.69) is 5.32 Å². The zero-order valence-electron chi connectivity index (χ0n) is 15.4. The molecule has 146 valence electrons. The van der Waals surface area contributed by atoms with Crippen LogP contribution < -0.4 is 9.62 Å². The standard InChI is InChI=1S/C19H22ClFN2O3S/c1-19(2,12-14-7-5-4-6-8-14)22-18(24)13-23(27(3,25)26)15-9-10-17(21)16(20)11-15/h4-11H,12-13H2,1-3H3,(H,22,24). The van der Waals surface area contributed by atoms with Crippen molar-refractivity contribution in [1.29, 1.82) is 0 Å². The van der Waals surface area contributed by atoms with Crippen molar-refractivity contribution >= 4 is 33.2 Å². The number of nitrogens with zero attached hydrogens (tertiary/aromatic N) is 1. The topological polar surface area (TPSA) is 66.5 Å². The van der Waals surface area contributed by atoms with Gasteiger partial charge in [0.05, 0.1) is 17.0 Å². The van der Waals surface area contributed by atoms with Crippen LogP contribution >= 0.6 is 11.6 Å². The first kappa shape index (κ1) is 21.2. The van der Waals surface area contributed by atoms with E-state index in [4.69, 9.17) is 11.6 Å². The number of amides is 1. The first-order chi connectivity index (χ1) is 12.5. The molecule has 0 aromatic heterocycles. The summed E-state index contributed by atoms with van der Waals surface area (Å²) in [6, 6.07) is 13.2. The molecule has 8 heteroatoms. The fourth-order valence-electron chi connectivity index (χ4n) is 2.74. The van der Waals surface area contributed by atoms with Gasteiger partial charge in [0.15, 0.2) is 0 Å². The van der Waals surface area contributed by atoms with E-state index in [0.717, 1.165) is 22.2 Å². The average Bonchev–Trinajstić information content (AvgIpc) is 2.54. The van der Waals surface area contributed by atoms with Crippen molar-refractivity contribution in [3.05, 3.63) is 64.9 Å². The molecule has 0 fully saturated rings. The molecule has 0 unspecified atom stereocenters. The molecule has 0 bridgehead atoms. The number of carbonyl (C=O) groups is 1. The van der Waals surface area contributed by atoms with Crippen LogP contribution in [0.5, 0.6) is 0 Å². The summed E-state index contributed by atoms with van der Waals surface area (Å²) < 4.78 is 38.5. The molecule has 1 N–H and O–H groups in total. The van der Waals surface area contributed by atoms with Crippen LogP contribution in [0.25, 0.3) is 0 Å². The van der Waals surface area contributed by atoms with E-state index in [1.807, 2.05) is 44.2 Å². The summed E-state index contributed by atoms with van der Waals surface area (Å²) in [4.78, 5) is 12.5. The number of sulfonamides is 1. The number of nitrogens with one attached hydrogen (secondary N) is 1. The van der Waals surface area contributed by atoms with Crippen LogP contribution in [-0.4, -0.2) is 32.7 Å². The molecule has 0 saturated heterocycles. The molecule has 0 atom stereocenters. The van der Waals surface area contributed by atoms with Gasteiger partial charge in [0, 0.05) is 5.54 Å². The van der Waals surface area contributed by atoms with Gasteiger partial charge in [-0.25, -0.2) is 12.8 Å². The highest BCUT2D eigenvalue weighted by Gasteiger charge is 2.26. The Bertz CT molecular complexity index is 918. The molecule has 2 rings (SSSR count). The number of hydrogen-bond acceptors (Lipinski definition) is 3. The molecule has 0 aliphatic heterocycles. The predicted molar refractivity (Wildman–Crippen MR) is 106 cm³/mol. The molecular weight excluding hydrogens is 391 g/mol. The largest absolute Gasteiger partial charge is 0.349 e. The van der Waals surface area contributed by atoms with Crippen molar-refractivity contribution in [1.82, 2.24) is 5.32 Å². The van der Waals surface area contributed by atoms with E-state index >= 15 is 0 Å². The normalized spacial score (nSPS) is 11.9. The number of anilines is 1. The zero-order valence-corrected chi connectivity index (χ0v) is 16.9. The minimum atomic E-state index is -3.77. The number of halogens is 2. The Morgan fingerprint density at radius 3 is 2.37 bits per heavy atom. The van der Waals surface area contributed by atoms with Gasteiger partial charge in [0.2, 0.25) is 15.9 Å². The maximum absolute atomic E-state index is 13.4. The van der Waals surface area contributed by atoms with Gasteiger partial charge in [-0.15, -0.1) is 0 Å². The van der Waals surface area contributed by atoms with Crippen molar-refractivity contribution in [2.24, 2.45) is 0 Å². The van der Waals surface area contributed by atoms with Gasteiger partial charge in [-0.2, -0.15) is 0 Å². The Morgan fingerprint density at radius 2 is 1.81 bits per heavy atom. The Kier molecular flexibility index (Phi) is 6.49. The van der Waals surface area contributed by atoms with Crippen molar-refractivity contribution < 1.29 is 17.6 Å². The van der Waals surface area contributed by atoms with E-state index in [1.165, 1.54) is 12.1 Å². The molecule has 0 heterocycles. The molecule has 0 saturated carbocycles. The fraction of sp³-hybridized carbons (Fsp3) is 0.316. The fourth-order valence-corrected chi connectivity index (χ4v) is 3.76. The van der Waals surface area contributed by atoms with Crippen LogP contribution in [0.4, 0.5) is 10.1 Å². The summed E-state index contributed by atoms with van der Waals surface area (Å²) in [5.74, 6) is -1.14. The molecule has 27 heavy (non-hydrogen) atoms. The van der Waals surface area contributed by atoms with Crippen LogP contribution in [0, 0.1) is 5.82 Å². The van der Waals surface area contributed by atoms with Crippen molar-refractivity contribution in [2.75, 3.05) is 17.1 Å². The van der Waals surface area contributed by atoms with Gasteiger partial charge < -0.3 is 5.32 Å². The van der Waals surface area contributed by atoms with Gasteiger partial charge in [-0.05, 0) is 44.0 Å². The maximum Gasteiger partial charge on any atom is 0.241 e. The van der Waals surface area contributed by atoms with Crippen molar-refractivity contribution in [3.63, 3.8) is 0 Å². The highest BCUT2D eigenvalue weighted by atomic mass is 35.5. The highest BCUT2D eigenvalue weighted by Crippen LogP contribution is 2.24. The number of rotatable bonds is 7. The van der Waals surface area contributed by atoms with Crippen molar-refractivity contribution in [2.45, 2.75) is 25.8 Å². The third-order valence-corrected chi connectivity index (χ3v) is 5.28. The van der Waals surface area contributed by atoms with Crippen LogP contribution in [-0.2, 0) is 21.2 Å². The number of carbonyl (C=O) groups excluding carboxylic acids is 1. The molecule has 0 aliphatic carbocycles. The molecule has 2 aromatic rings. The SMILES string of the molecule is CC(C)(Cc1ccccc1)NC(=O)CN(c1ccc(F)c(Cl)c1)S(C)(=O)=O. The van der Waals surface area contributed by atoms with Crippen LogP contribution in [0.3, 0.4) is 0 Å². The zero-order chi connectivity index (χ0) is 20.2. The summed E-state index contributed by atoms with van der Waals surface area (Å²) in [6.45, 7) is 3.29. The minimum Gasteiger partial charge on any atom is -0.349 e. The molecule has 0 radical (unpaired) electrons. The molecule has 0 spiro atoms. The summed E-state index contributed by atoms with van der Waals surface area (Å²) in [5.41, 5.74) is 0.593. The summed E-state index contributed by atoms with van der Waals surface area (Å²) in [5, 5.41) is 2.63. The Balaban J connectivity index is 2.15. The third kappa shape index (κ3) is 6.22. The van der Waals surface area contributed by atoms with Gasteiger partial charge in [-0.1, -0.05) is 41.9 Å². The maximum atomic E-state index is 13.4. The van der Waals surface area contributed by atoms with E-state index in [0.29, 0.717) is 6.42 Å². The lowest BCUT2D eigenvalue weighted by molar-refractivity contribution is -0.121. The Hall–Kier alpha value is -2.12. The Labute approximate surface area is 164 Å². The summed E-state index contributed by atoms with van der Waals surface area (Å²) in [6.07, 6.45) is 1.56. The molecule has 1 amide bonds. The quantitative estimate of drug-likeness (QED) is 0.758. The average molecular weight is 413 g/mol. The molecule has 2 aromatic carbocycles. The smallest absolute Gasteiger partial charge is 0.241 e. The molecule has 5 nitrogen and oxygen atoms in total. The highest BCUT2D eigenvalue weighted by molar-refractivity contribution is 7.92. The summed E-state index contributed by atoms with van der Waals surface area (Å²) in [7, 11) is -3.77. The minimum absolute atomic E-state index is 0.125. The van der Waals surface area contributed by atoms with Crippen LogP contribution in [0.2, 0.25) is 5.02 Å². The second-order valence-electron chi connectivity index (χ2n) is 6.96. The lowest BCUT2D eigenvalue weighted by Gasteiger charge is -2.29. The van der Waals surface area contributed by atoms with E-state index in [-0.39, 0.29) is 10.7 Å². The molecular formula is C19H22ClFN2O3S.